The maximum absolute atomic E-state index is 14.5. The number of hydrogen-bond acceptors (Lipinski definition) is 6. The zero-order valence-corrected chi connectivity index (χ0v) is 22.5. The predicted octanol–water partition coefficient (Wildman–Crippen LogP) is 4.73. The topological polar surface area (TPSA) is 82.4 Å². The second-order valence-corrected chi connectivity index (χ2v) is 10.0. The number of piperidine rings is 1. The van der Waals surface area contributed by atoms with Crippen LogP contribution in [0.2, 0.25) is 0 Å². The van der Waals surface area contributed by atoms with Crippen molar-refractivity contribution in [3.63, 3.8) is 0 Å². The van der Waals surface area contributed by atoms with Gasteiger partial charge in [0.2, 0.25) is 11.8 Å². The minimum absolute atomic E-state index is 0.0372. The van der Waals surface area contributed by atoms with Crippen LogP contribution in [0.5, 0.6) is 5.88 Å². The van der Waals surface area contributed by atoms with Crippen LogP contribution in [0.1, 0.15) is 62.4 Å². The summed E-state index contributed by atoms with van der Waals surface area (Å²) in [6.45, 7) is 6.98. The highest BCUT2D eigenvalue weighted by Crippen LogP contribution is 2.37. The van der Waals surface area contributed by atoms with Gasteiger partial charge in [-0.2, -0.15) is 5.10 Å². The minimum Gasteiger partial charge on any atom is -0.479 e. The van der Waals surface area contributed by atoms with Gasteiger partial charge in [0.15, 0.2) is 5.82 Å². The van der Waals surface area contributed by atoms with Gasteiger partial charge in [-0.05, 0) is 43.7 Å². The van der Waals surface area contributed by atoms with Crippen molar-refractivity contribution in [3.8, 4) is 22.8 Å². The summed E-state index contributed by atoms with van der Waals surface area (Å²) in [7, 11) is 1.40. The highest BCUT2D eigenvalue weighted by Gasteiger charge is 2.30. The lowest BCUT2D eigenvalue weighted by molar-refractivity contribution is -0.132. The Morgan fingerprint density at radius 3 is 2.68 bits per heavy atom. The third-order valence-electron chi connectivity index (χ3n) is 7.94. The average Bonchev–Trinajstić information content (AvgIpc) is 3.14. The van der Waals surface area contributed by atoms with Crippen molar-refractivity contribution in [2.75, 3.05) is 33.4 Å². The van der Waals surface area contributed by atoms with Crippen molar-refractivity contribution in [1.82, 2.24) is 24.6 Å². The normalized spacial score (nSPS) is 17.1. The van der Waals surface area contributed by atoms with Gasteiger partial charge in [0.05, 0.1) is 43.6 Å². The van der Waals surface area contributed by atoms with Gasteiger partial charge in [-0.15, -0.1) is 0 Å². The summed E-state index contributed by atoms with van der Waals surface area (Å²) in [5, 5.41) is 4.99. The molecule has 1 atom stereocenters. The maximum Gasteiger partial charge on any atom is 0.250 e. The second kappa shape index (κ2) is 11.6. The number of halogens is 1. The van der Waals surface area contributed by atoms with Crippen LogP contribution in [0, 0.1) is 11.7 Å². The maximum atomic E-state index is 14.5. The van der Waals surface area contributed by atoms with Crippen molar-refractivity contribution in [2.45, 2.75) is 58.3 Å². The molecule has 2 aliphatic rings. The lowest BCUT2D eigenvalue weighted by Crippen LogP contribution is -2.39. The molecule has 5 heterocycles. The summed E-state index contributed by atoms with van der Waals surface area (Å²) in [5.41, 5.74) is 5.64. The van der Waals surface area contributed by atoms with E-state index in [-0.39, 0.29) is 11.8 Å². The average molecular weight is 522 g/mol. The summed E-state index contributed by atoms with van der Waals surface area (Å²) in [5.74, 6) is 0.482. The minimum atomic E-state index is -0.524. The Morgan fingerprint density at radius 1 is 1.18 bits per heavy atom. The number of amides is 1. The standard InChI is InChI=1S/C29H36FN5O3/c1-4-22(19-7-12-34(13-8-19)27(36)5-2)25-16-20(6-11-31-25)28-23-9-14-38-15-10-26(23)35(33-28)21-17-24(30)29(37-3)32-18-21/h6,11,16-19,22H,4-5,7-10,12-15H2,1-3H3. The third-order valence-corrected chi connectivity index (χ3v) is 7.94. The summed E-state index contributed by atoms with van der Waals surface area (Å²) in [6, 6.07) is 5.59. The lowest BCUT2D eigenvalue weighted by atomic mass is 9.80. The van der Waals surface area contributed by atoms with E-state index in [1.54, 1.807) is 10.9 Å². The second-order valence-electron chi connectivity index (χ2n) is 10.0. The van der Waals surface area contributed by atoms with E-state index in [1.807, 2.05) is 24.1 Å². The van der Waals surface area contributed by atoms with Crippen molar-refractivity contribution >= 4 is 5.91 Å². The van der Waals surface area contributed by atoms with Crippen molar-refractivity contribution in [3.05, 3.63) is 53.4 Å². The number of ether oxygens (including phenoxy) is 2. The van der Waals surface area contributed by atoms with Gasteiger partial charge >= 0.3 is 0 Å². The zero-order valence-electron chi connectivity index (χ0n) is 22.5. The van der Waals surface area contributed by atoms with Crippen molar-refractivity contribution in [1.29, 1.82) is 0 Å². The molecule has 3 aromatic rings. The molecule has 8 nitrogen and oxygen atoms in total. The van der Waals surface area contributed by atoms with Gasteiger partial charge in [-0.1, -0.05) is 13.8 Å². The first-order valence-corrected chi connectivity index (χ1v) is 13.7. The molecule has 1 amide bonds. The summed E-state index contributed by atoms with van der Waals surface area (Å²) in [4.78, 5) is 23.1. The molecule has 3 aromatic heterocycles. The van der Waals surface area contributed by atoms with Gasteiger partial charge in [0.25, 0.3) is 0 Å². The number of carbonyl (C=O) groups is 1. The van der Waals surface area contributed by atoms with Gasteiger partial charge < -0.3 is 14.4 Å². The van der Waals surface area contributed by atoms with E-state index in [9.17, 15) is 9.18 Å². The molecule has 1 fully saturated rings. The smallest absolute Gasteiger partial charge is 0.250 e. The molecule has 0 bridgehead atoms. The molecule has 0 spiro atoms. The number of nitrogens with zero attached hydrogens (tertiary/aromatic N) is 5. The first-order valence-electron chi connectivity index (χ1n) is 13.7. The van der Waals surface area contributed by atoms with Crippen LogP contribution in [0.25, 0.3) is 16.9 Å². The molecular weight excluding hydrogens is 485 g/mol. The number of rotatable bonds is 7. The highest BCUT2D eigenvalue weighted by atomic mass is 19.1. The van der Waals surface area contributed by atoms with E-state index in [1.165, 1.54) is 13.2 Å². The molecular formula is C29H36FN5O3. The quantitative estimate of drug-likeness (QED) is 0.447. The molecule has 0 saturated carbocycles. The SMILES string of the molecule is CCC(=O)N1CCC(C(CC)c2cc(-c3nn(-c4cnc(OC)c(F)c4)c4c3CCOCC4)ccn2)CC1. The largest absolute Gasteiger partial charge is 0.479 e. The third kappa shape index (κ3) is 5.16. The van der Waals surface area contributed by atoms with Gasteiger partial charge in [0, 0.05) is 60.9 Å². The molecule has 0 aliphatic carbocycles. The first kappa shape index (κ1) is 26.3. The van der Waals surface area contributed by atoms with E-state index in [2.05, 4.69) is 18.0 Å². The van der Waals surface area contributed by atoms with Crippen LogP contribution in [-0.4, -0.2) is 64.0 Å². The van der Waals surface area contributed by atoms with Crippen LogP contribution >= 0.6 is 0 Å². The number of likely N-dealkylation sites (tertiary alicyclic amines) is 1. The Labute approximate surface area is 223 Å². The van der Waals surface area contributed by atoms with E-state index >= 15 is 0 Å². The predicted molar refractivity (Wildman–Crippen MR) is 142 cm³/mol. The Hall–Kier alpha value is -3.33. The van der Waals surface area contributed by atoms with Crippen LogP contribution in [-0.2, 0) is 22.4 Å². The Balaban J connectivity index is 1.48. The molecule has 2 aliphatic heterocycles. The Morgan fingerprint density at radius 2 is 1.97 bits per heavy atom. The highest BCUT2D eigenvalue weighted by molar-refractivity contribution is 5.75. The van der Waals surface area contributed by atoms with E-state index in [0.29, 0.717) is 43.6 Å². The molecule has 0 N–H and O–H groups in total. The van der Waals surface area contributed by atoms with Crippen molar-refractivity contribution < 1.29 is 18.7 Å². The monoisotopic (exact) mass is 521 g/mol. The molecule has 0 aromatic carbocycles. The Bertz CT molecular complexity index is 1290. The van der Waals surface area contributed by atoms with Gasteiger partial charge in [0.1, 0.15) is 0 Å². The van der Waals surface area contributed by atoms with Gasteiger partial charge in [-0.3, -0.25) is 9.78 Å². The fourth-order valence-corrected chi connectivity index (χ4v) is 5.93. The Kier molecular flexibility index (Phi) is 8.02. The zero-order chi connectivity index (χ0) is 26.6. The van der Waals surface area contributed by atoms with Gasteiger partial charge in [-0.25, -0.2) is 14.1 Å². The fraction of sp³-hybridized carbons (Fsp3) is 0.517. The van der Waals surface area contributed by atoms with Crippen LogP contribution in [0.15, 0.2) is 30.6 Å². The van der Waals surface area contributed by atoms with E-state index in [0.717, 1.165) is 67.0 Å². The molecule has 38 heavy (non-hydrogen) atoms. The van der Waals surface area contributed by atoms with Crippen LogP contribution in [0.4, 0.5) is 4.39 Å². The number of methoxy groups -OCH3 is 1. The molecule has 0 radical (unpaired) electrons. The number of pyridine rings is 2. The number of fused-ring (bicyclic) bond motifs is 1. The fourth-order valence-electron chi connectivity index (χ4n) is 5.93. The van der Waals surface area contributed by atoms with Crippen LogP contribution < -0.4 is 4.74 Å². The molecule has 1 unspecified atom stereocenters. The molecule has 202 valence electrons. The van der Waals surface area contributed by atoms with E-state index < -0.39 is 5.82 Å². The number of aromatic nitrogens is 4. The number of hydrogen-bond donors (Lipinski definition) is 0. The molecule has 1 saturated heterocycles. The summed E-state index contributed by atoms with van der Waals surface area (Å²) >= 11 is 0. The van der Waals surface area contributed by atoms with Crippen molar-refractivity contribution in [2.24, 2.45) is 5.92 Å². The summed E-state index contributed by atoms with van der Waals surface area (Å²) in [6.07, 6.45) is 8.41. The molecule has 9 heteroatoms. The molecule has 5 rings (SSSR count). The number of carbonyl (C=O) groups excluding carboxylic acids is 1. The summed E-state index contributed by atoms with van der Waals surface area (Å²) < 4.78 is 27.1. The van der Waals surface area contributed by atoms with E-state index in [4.69, 9.17) is 19.6 Å². The first-order chi connectivity index (χ1) is 18.5. The lowest BCUT2D eigenvalue weighted by Gasteiger charge is -2.35. The van der Waals surface area contributed by atoms with Crippen LogP contribution in [0.3, 0.4) is 0 Å².